The van der Waals surface area contributed by atoms with Crippen LogP contribution in [0.25, 0.3) is 0 Å². The zero-order valence-corrected chi connectivity index (χ0v) is 10.6. The van der Waals surface area contributed by atoms with Crippen LogP contribution in [-0.4, -0.2) is 11.1 Å². The number of halogens is 2. The highest BCUT2D eigenvalue weighted by molar-refractivity contribution is 7.98. The monoisotopic (exact) mass is 280 g/mol. The molecule has 0 amide bonds. The summed E-state index contributed by atoms with van der Waals surface area (Å²) in [6.45, 7) is 0. The van der Waals surface area contributed by atoms with Crippen LogP contribution in [0.15, 0.2) is 47.4 Å². The van der Waals surface area contributed by atoms with E-state index in [0.717, 1.165) is 11.0 Å². The second kappa shape index (κ2) is 5.84. The largest absolute Gasteiger partial charge is 0.478 e. The van der Waals surface area contributed by atoms with Crippen molar-refractivity contribution < 1.29 is 18.7 Å². The lowest BCUT2D eigenvalue weighted by atomic mass is 10.1. The Morgan fingerprint density at radius 3 is 2.63 bits per heavy atom. The summed E-state index contributed by atoms with van der Waals surface area (Å²) < 4.78 is 26.2. The van der Waals surface area contributed by atoms with Gasteiger partial charge in [-0.1, -0.05) is 12.1 Å². The van der Waals surface area contributed by atoms with E-state index in [1.807, 2.05) is 0 Å². The molecule has 5 heteroatoms. The number of thioether (sulfide) groups is 1. The lowest BCUT2D eigenvalue weighted by Gasteiger charge is -2.04. The Hall–Kier alpha value is -1.88. The Morgan fingerprint density at radius 2 is 1.95 bits per heavy atom. The first-order valence-corrected chi connectivity index (χ1v) is 6.45. The van der Waals surface area contributed by atoms with E-state index in [0.29, 0.717) is 11.3 Å². The van der Waals surface area contributed by atoms with E-state index in [9.17, 15) is 13.6 Å². The quantitative estimate of drug-likeness (QED) is 0.861. The Morgan fingerprint density at radius 1 is 1.16 bits per heavy atom. The molecule has 0 heterocycles. The molecular formula is C14H10F2O2S. The van der Waals surface area contributed by atoms with Gasteiger partial charge in [0.05, 0.1) is 5.56 Å². The van der Waals surface area contributed by atoms with Gasteiger partial charge in [0.25, 0.3) is 0 Å². The van der Waals surface area contributed by atoms with Crippen molar-refractivity contribution in [2.45, 2.75) is 10.6 Å². The van der Waals surface area contributed by atoms with Crippen LogP contribution >= 0.6 is 11.8 Å². The summed E-state index contributed by atoms with van der Waals surface area (Å²) in [4.78, 5) is 11.5. The zero-order valence-electron chi connectivity index (χ0n) is 9.77. The predicted octanol–water partition coefficient (Wildman–Crippen LogP) is 3.96. The van der Waals surface area contributed by atoms with Crippen molar-refractivity contribution >= 4 is 17.7 Å². The molecule has 0 saturated carbocycles. The van der Waals surface area contributed by atoms with Gasteiger partial charge >= 0.3 is 5.97 Å². The lowest BCUT2D eigenvalue weighted by molar-refractivity contribution is 0.0692. The van der Waals surface area contributed by atoms with E-state index in [1.54, 1.807) is 12.1 Å². The molecule has 0 aliphatic heterocycles. The molecule has 2 rings (SSSR count). The van der Waals surface area contributed by atoms with Crippen molar-refractivity contribution in [2.24, 2.45) is 0 Å². The van der Waals surface area contributed by atoms with Crippen LogP contribution in [0.1, 0.15) is 15.9 Å². The summed E-state index contributed by atoms with van der Waals surface area (Å²) in [5, 5.41) is 8.82. The Balaban J connectivity index is 2.12. The van der Waals surface area contributed by atoms with Crippen LogP contribution in [-0.2, 0) is 5.75 Å². The SMILES string of the molecule is O=C(O)c1cc(CSc2cccc(F)c2)ccc1F. The second-order valence-corrected chi connectivity index (χ2v) is 4.91. The molecule has 0 bridgehead atoms. The van der Waals surface area contributed by atoms with Crippen molar-refractivity contribution in [3.8, 4) is 0 Å². The fraction of sp³-hybridized carbons (Fsp3) is 0.0714. The summed E-state index contributed by atoms with van der Waals surface area (Å²) in [7, 11) is 0. The average molecular weight is 280 g/mol. The molecule has 0 atom stereocenters. The van der Waals surface area contributed by atoms with Gasteiger partial charge in [-0.25, -0.2) is 13.6 Å². The van der Waals surface area contributed by atoms with Gasteiger partial charge in [-0.05, 0) is 35.9 Å². The van der Waals surface area contributed by atoms with Gasteiger partial charge in [-0.15, -0.1) is 11.8 Å². The highest BCUT2D eigenvalue weighted by atomic mass is 32.2. The molecule has 98 valence electrons. The van der Waals surface area contributed by atoms with Gasteiger partial charge in [0.2, 0.25) is 0 Å². The zero-order chi connectivity index (χ0) is 13.8. The third kappa shape index (κ3) is 3.54. The van der Waals surface area contributed by atoms with Gasteiger partial charge < -0.3 is 5.11 Å². The Bertz CT molecular complexity index is 614. The molecule has 0 saturated heterocycles. The first-order chi connectivity index (χ1) is 9.06. The van der Waals surface area contributed by atoms with Crippen LogP contribution < -0.4 is 0 Å². The molecular weight excluding hydrogens is 270 g/mol. The summed E-state index contributed by atoms with van der Waals surface area (Å²) in [5.74, 6) is -1.93. The molecule has 1 N–H and O–H groups in total. The molecule has 0 radical (unpaired) electrons. The van der Waals surface area contributed by atoms with Crippen LogP contribution in [0.3, 0.4) is 0 Å². The third-order valence-electron chi connectivity index (χ3n) is 2.46. The Labute approximate surface area is 113 Å². The highest BCUT2D eigenvalue weighted by Crippen LogP contribution is 2.24. The maximum atomic E-state index is 13.2. The molecule has 0 spiro atoms. The minimum Gasteiger partial charge on any atom is -0.478 e. The van der Waals surface area contributed by atoms with Gasteiger partial charge in [0.1, 0.15) is 11.6 Å². The summed E-state index contributed by atoms with van der Waals surface area (Å²) in [6, 6.07) is 10.1. The number of carbonyl (C=O) groups is 1. The van der Waals surface area contributed by atoms with Crippen molar-refractivity contribution in [2.75, 3.05) is 0 Å². The first kappa shape index (κ1) is 13.5. The Kier molecular flexibility index (Phi) is 4.16. The smallest absolute Gasteiger partial charge is 0.338 e. The molecule has 0 unspecified atom stereocenters. The first-order valence-electron chi connectivity index (χ1n) is 5.46. The van der Waals surface area contributed by atoms with E-state index in [-0.39, 0.29) is 11.4 Å². The number of hydrogen-bond acceptors (Lipinski definition) is 2. The maximum absolute atomic E-state index is 13.2. The fourth-order valence-electron chi connectivity index (χ4n) is 1.55. The fourth-order valence-corrected chi connectivity index (χ4v) is 2.43. The van der Waals surface area contributed by atoms with E-state index in [1.165, 1.54) is 36.0 Å². The van der Waals surface area contributed by atoms with Gasteiger partial charge in [0.15, 0.2) is 0 Å². The molecule has 0 aliphatic rings. The molecule has 2 nitrogen and oxygen atoms in total. The topological polar surface area (TPSA) is 37.3 Å². The second-order valence-electron chi connectivity index (χ2n) is 3.87. The standard InChI is InChI=1S/C14H10F2O2S/c15-10-2-1-3-11(7-10)19-8-9-4-5-13(16)12(6-9)14(17)18/h1-7H,8H2,(H,17,18). The third-order valence-corrected chi connectivity index (χ3v) is 3.53. The summed E-state index contributed by atoms with van der Waals surface area (Å²) in [6.07, 6.45) is 0. The minimum absolute atomic E-state index is 0.324. The molecule has 2 aromatic carbocycles. The van der Waals surface area contributed by atoms with E-state index < -0.39 is 11.8 Å². The molecule has 2 aromatic rings. The van der Waals surface area contributed by atoms with Crippen LogP contribution in [0.5, 0.6) is 0 Å². The molecule has 0 aliphatic carbocycles. The number of aromatic carboxylic acids is 1. The average Bonchev–Trinajstić information content (AvgIpc) is 2.37. The number of benzene rings is 2. The summed E-state index contributed by atoms with van der Waals surface area (Å²) in [5.41, 5.74) is 0.324. The highest BCUT2D eigenvalue weighted by Gasteiger charge is 2.10. The molecule has 19 heavy (non-hydrogen) atoms. The minimum atomic E-state index is -1.30. The number of carboxylic acids is 1. The number of rotatable bonds is 4. The van der Waals surface area contributed by atoms with Gasteiger partial charge in [0, 0.05) is 10.6 Å². The van der Waals surface area contributed by atoms with E-state index in [2.05, 4.69) is 0 Å². The number of carboxylic acid groups (broad SMARTS) is 1. The predicted molar refractivity (Wildman–Crippen MR) is 69.3 cm³/mol. The van der Waals surface area contributed by atoms with E-state index >= 15 is 0 Å². The van der Waals surface area contributed by atoms with Crippen molar-refractivity contribution in [1.29, 1.82) is 0 Å². The van der Waals surface area contributed by atoms with Crippen LogP contribution in [0.4, 0.5) is 8.78 Å². The lowest BCUT2D eigenvalue weighted by Crippen LogP contribution is -2.01. The van der Waals surface area contributed by atoms with Gasteiger partial charge in [-0.3, -0.25) is 0 Å². The van der Waals surface area contributed by atoms with Crippen molar-refractivity contribution in [3.05, 3.63) is 65.2 Å². The van der Waals surface area contributed by atoms with Crippen molar-refractivity contribution in [3.63, 3.8) is 0 Å². The van der Waals surface area contributed by atoms with Crippen LogP contribution in [0.2, 0.25) is 0 Å². The summed E-state index contributed by atoms with van der Waals surface area (Å²) >= 11 is 1.36. The van der Waals surface area contributed by atoms with Crippen molar-refractivity contribution in [1.82, 2.24) is 0 Å². The molecule has 0 aromatic heterocycles. The maximum Gasteiger partial charge on any atom is 0.338 e. The number of hydrogen-bond donors (Lipinski definition) is 1. The van der Waals surface area contributed by atoms with E-state index in [4.69, 9.17) is 5.11 Å². The van der Waals surface area contributed by atoms with Gasteiger partial charge in [-0.2, -0.15) is 0 Å². The molecule has 0 fully saturated rings. The normalized spacial score (nSPS) is 10.4. The van der Waals surface area contributed by atoms with Crippen LogP contribution in [0, 0.1) is 11.6 Å².